The van der Waals surface area contributed by atoms with Crippen LogP contribution < -0.4 is 11.5 Å². The van der Waals surface area contributed by atoms with Crippen LogP contribution in [0.2, 0.25) is 0 Å². The summed E-state index contributed by atoms with van der Waals surface area (Å²) in [6, 6.07) is 0. The Kier molecular flexibility index (Phi) is 3.74. The average Bonchev–Trinajstić information content (AvgIpc) is 1.65. The molecule has 1 saturated carbocycles. The Morgan fingerprint density at radius 1 is 0.889 bits per heavy atom. The maximum Gasteiger partial charge on any atom is 0.0636 e. The minimum Gasteiger partial charge on any atom is -0.313 e. The van der Waals surface area contributed by atoms with Gasteiger partial charge < -0.3 is 11.5 Å². The van der Waals surface area contributed by atoms with E-state index < -0.39 is 0 Å². The Hall–Kier alpha value is 0.439. The molecule has 1 aliphatic carbocycles. The largest absolute Gasteiger partial charge is 0.313 e. The van der Waals surface area contributed by atoms with Gasteiger partial charge in [-0.2, -0.15) is 0 Å². The number of hydrogen-bond acceptors (Lipinski definition) is 2. The molecule has 1 rings (SSSR count). The van der Waals surface area contributed by atoms with Crippen LogP contribution in [0.4, 0.5) is 0 Å². The van der Waals surface area contributed by atoms with Crippen LogP contribution in [0.1, 0.15) is 32.1 Å². The fourth-order valence-electron chi connectivity index (χ4n) is 1.21. The molecule has 0 atom stereocenters. The van der Waals surface area contributed by atoms with E-state index in [4.69, 9.17) is 11.5 Å². The summed E-state index contributed by atoms with van der Waals surface area (Å²) in [7, 11) is 0. The van der Waals surface area contributed by atoms with Crippen molar-refractivity contribution in [2.75, 3.05) is 0 Å². The molecule has 1 aliphatic rings. The molecule has 0 aromatic rings. The van der Waals surface area contributed by atoms with E-state index in [9.17, 15) is 0 Å². The molecule has 0 aromatic heterocycles. The topological polar surface area (TPSA) is 52.0 Å². The Labute approximate surface area is 66.8 Å². The van der Waals surface area contributed by atoms with Crippen molar-refractivity contribution in [3.63, 3.8) is 0 Å². The van der Waals surface area contributed by atoms with Crippen LogP contribution in [-0.2, 0) is 17.1 Å². The van der Waals surface area contributed by atoms with Gasteiger partial charge in [-0.25, -0.2) is 0 Å². The summed E-state index contributed by atoms with van der Waals surface area (Å²) < 4.78 is 0. The second-order valence-electron chi connectivity index (χ2n) is 2.79. The maximum absolute atomic E-state index is 5.66. The van der Waals surface area contributed by atoms with Gasteiger partial charge in [0, 0.05) is 17.1 Å². The summed E-state index contributed by atoms with van der Waals surface area (Å²) in [5, 5.41) is 0. The van der Waals surface area contributed by atoms with Crippen LogP contribution in [0.25, 0.3) is 0 Å². The van der Waals surface area contributed by atoms with Crippen molar-refractivity contribution in [3.05, 3.63) is 0 Å². The van der Waals surface area contributed by atoms with E-state index in [2.05, 4.69) is 0 Å². The Bertz CT molecular complexity index is 75.1. The van der Waals surface area contributed by atoms with E-state index >= 15 is 0 Å². The van der Waals surface area contributed by atoms with Gasteiger partial charge in [-0.05, 0) is 12.8 Å². The minimum absolute atomic E-state index is 0. The smallest absolute Gasteiger partial charge is 0.0636 e. The Morgan fingerprint density at radius 3 is 1.56 bits per heavy atom. The van der Waals surface area contributed by atoms with Crippen molar-refractivity contribution in [1.82, 2.24) is 0 Å². The molecule has 0 bridgehead atoms. The van der Waals surface area contributed by atoms with Crippen molar-refractivity contribution in [2.24, 2.45) is 11.5 Å². The van der Waals surface area contributed by atoms with E-state index in [1.807, 2.05) is 0 Å². The molecular formula is C6H14MnN2. The first-order valence-corrected chi connectivity index (χ1v) is 3.28. The Balaban J connectivity index is 0.000000640. The predicted octanol–water partition coefficient (Wildman–Crippen LogP) is 0.562. The van der Waals surface area contributed by atoms with Gasteiger partial charge >= 0.3 is 0 Å². The monoisotopic (exact) mass is 169 g/mol. The van der Waals surface area contributed by atoms with Crippen LogP contribution >= 0.6 is 0 Å². The first-order chi connectivity index (χ1) is 3.71. The molecule has 0 unspecified atom stereocenters. The van der Waals surface area contributed by atoms with E-state index in [1.54, 1.807) is 0 Å². The summed E-state index contributed by atoms with van der Waals surface area (Å²) in [5.74, 6) is 0. The van der Waals surface area contributed by atoms with Crippen molar-refractivity contribution in [1.29, 1.82) is 0 Å². The van der Waals surface area contributed by atoms with Gasteiger partial charge in [0.2, 0.25) is 0 Å². The van der Waals surface area contributed by atoms with Crippen LogP contribution in [0.15, 0.2) is 0 Å². The van der Waals surface area contributed by atoms with Gasteiger partial charge in [0.1, 0.15) is 0 Å². The van der Waals surface area contributed by atoms with Crippen molar-refractivity contribution in [2.45, 2.75) is 37.8 Å². The second-order valence-corrected chi connectivity index (χ2v) is 2.79. The summed E-state index contributed by atoms with van der Waals surface area (Å²) in [5.41, 5.74) is 11.0. The van der Waals surface area contributed by atoms with E-state index in [-0.39, 0.29) is 22.7 Å². The zero-order valence-electron chi connectivity index (χ0n) is 5.57. The van der Waals surface area contributed by atoms with Gasteiger partial charge in [0.15, 0.2) is 0 Å². The normalized spacial score (nSPS) is 24.7. The van der Waals surface area contributed by atoms with Crippen molar-refractivity contribution >= 4 is 0 Å². The van der Waals surface area contributed by atoms with E-state index in [1.165, 1.54) is 19.3 Å². The van der Waals surface area contributed by atoms with Gasteiger partial charge in [-0.15, -0.1) is 0 Å². The van der Waals surface area contributed by atoms with Gasteiger partial charge in [-0.3, -0.25) is 0 Å². The SMILES string of the molecule is NC1(N)CCCCC1.[Mn]. The molecule has 0 amide bonds. The molecule has 9 heavy (non-hydrogen) atoms. The maximum atomic E-state index is 5.66. The third-order valence-corrected chi connectivity index (χ3v) is 1.78. The van der Waals surface area contributed by atoms with Crippen LogP contribution in [0.3, 0.4) is 0 Å². The molecule has 1 fully saturated rings. The number of hydrogen-bond donors (Lipinski definition) is 2. The summed E-state index contributed by atoms with van der Waals surface area (Å²) in [6.45, 7) is 0. The molecule has 0 spiro atoms. The molecule has 2 nitrogen and oxygen atoms in total. The summed E-state index contributed by atoms with van der Waals surface area (Å²) >= 11 is 0. The van der Waals surface area contributed by atoms with Gasteiger partial charge in [-0.1, -0.05) is 19.3 Å². The molecule has 1 radical (unpaired) electrons. The first-order valence-electron chi connectivity index (χ1n) is 3.28. The van der Waals surface area contributed by atoms with Crippen LogP contribution in [0.5, 0.6) is 0 Å². The average molecular weight is 169 g/mol. The second kappa shape index (κ2) is 3.57. The fourth-order valence-corrected chi connectivity index (χ4v) is 1.21. The molecule has 0 saturated heterocycles. The quantitative estimate of drug-likeness (QED) is 0.411. The predicted molar refractivity (Wildman–Crippen MR) is 34.2 cm³/mol. The van der Waals surface area contributed by atoms with Gasteiger partial charge in [0.25, 0.3) is 0 Å². The van der Waals surface area contributed by atoms with Crippen LogP contribution in [0, 0.1) is 0 Å². The fraction of sp³-hybridized carbons (Fsp3) is 1.00. The van der Waals surface area contributed by atoms with Crippen molar-refractivity contribution < 1.29 is 17.1 Å². The molecule has 0 aromatic carbocycles. The first kappa shape index (κ1) is 9.44. The van der Waals surface area contributed by atoms with Crippen LogP contribution in [-0.4, -0.2) is 5.66 Å². The number of rotatable bonds is 0. The molecule has 0 heterocycles. The minimum atomic E-state index is -0.321. The third-order valence-electron chi connectivity index (χ3n) is 1.78. The molecule has 3 heteroatoms. The third kappa shape index (κ3) is 3.21. The number of nitrogens with two attached hydrogens (primary N) is 2. The molecular weight excluding hydrogens is 155 g/mol. The van der Waals surface area contributed by atoms with E-state index in [0.717, 1.165) is 12.8 Å². The molecule has 0 aliphatic heterocycles. The molecule has 4 N–H and O–H groups in total. The standard InChI is InChI=1S/C6H14N2.Mn/c7-6(8)4-2-1-3-5-6;/h1-5,7-8H2;. The molecule has 55 valence electrons. The van der Waals surface area contributed by atoms with Crippen molar-refractivity contribution in [3.8, 4) is 0 Å². The zero-order valence-corrected chi connectivity index (χ0v) is 6.75. The zero-order chi connectivity index (χ0) is 6.04. The summed E-state index contributed by atoms with van der Waals surface area (Å²) in [6.07, 6.45) is 5.76. The van der Waals surface area contributed by atoms with E-state index in [0.29, 0.717) is 0 Å². The Morgan fingerprint density at radius 2 is 1.33 bits per heavy atom. The summed E-state index contributed by atoms with van der Waals surface area (Å²) in [4.78, 5) is 0. The van der Waals surface area contributed by atoms with Gasteiger partial charge in [0.05, 0.1) is 5.66 Å².